The second kappa shape index (κ2) is 10.4. The molecule has 0 aromatic rings. The zero-order valence-corrected chi connectivity index (χ0v) is 12.9. The normalized spacial score (nSPS) is 14.2. The fraction of sp³-hybridized carbons (Fsp3) is 0.938. The third kappa shape index (κ3) is 8.54. The first-order valence-corrected chi connectivity index (χ1v) is 7.64. The number of hydrogen-bond donors (Lipinski definition) is 0. The number of ether oxygens (including phenoxy) is 1. The van der Waals surface area contributed by atoms with Crippen LogP contribution in [0.4, 0.5) is 0 Å². The molecule has 0 saturated heterocycles. The van der Waals surface area contributed by atoms with Gasteiger partial charge in [0, 0.05) is 6.42 Å². The predicted octanol–water partition coefficient (Wildman–Crippen LogP) is 5.11. The average Bonchev–Trinajstić information content (AvgIpc) is 2.39. The Bertz CT molecular complexity index is 213. The monoisotopic (exact) mass is 256 g/mol. The molecule has 2 heteroatoms. The van der Waals surface area contributed by atoms with Crippen molar-refractivity contribution in [2.45, 2.75) is 85.0 Å². The van der Waals surface area contributed by atoms with Crippen molar-refractivity contribution >= 4 is 5.97 Å². The van der Waals surface area contributed by atoms with Crippen LogP contribution in [0, 0.1) is 5.41 Å². The van der Waals surface area contributed by atoms with Gasteiger partial charge in [0.15, 0.2) is 0 Å². The van der Waals surface area contributed by atoms with Crippen molar-refractivity contribution in [3.05, 3.63) is 0 Å². The van der Waals surface area contributed by atoms with Crippen LogP contribution in [-0.4, -0.2) is 13.1 Å². The van der Waals surface area contributed by atoms with Crippen LogP contribution in [0.25, 0.3) is 0 Å². The van der Waals surface area contributed by atoms with Crippen LogP contribution in [0.15, 0.2) is 0 Å². The van der Waals surface area contributed by atoms with Gasteiger partial charge in [0.05, 0.1) is 7.11 Å². The highest BCUT2D eigenvalue weighted by Gasteiger charge is 2.24. The third-order valence-electron chi connectivity index (χ3n) is 3.93. The number of carbonyl (C=O) groups is 1. The molecule has 0 fully saturated rings. The van der Waals surface area contributed by atoms with Crippen molar-refractivity contribution in [1.29, 1.82) is 0 Å². The van der Waals surface area contributed by atoms with Crippen molar-refractivity contribution < 1.29 is 9.53 Å². The minimum Gasteiger partial charge on any atom is -0.469 e. The van der Waals surface area contributed by atoms with Crippen LogP contribution in [0.3, 0.4) is 0 Å². The maximum Gasteiger partial charge on any atom is 0.305 e. The molecule has 1 atom stereocenters. The Morgan fingerprint density at radius 2 is 1.56 bits per heavy atom. The van der Waals surface area contributed by atoms with Crippen LogP contribution in [0.5, 0.6) is 0 Å². The lowest BCUT2D eigenvalue weighted by molar-refractivity contribution is -0.141. The van der Waals surface area contributed by atoms with E-state index in [0.29, 0.717) is 11.8 Å². The van der Waals surface area contributed by atoms with E-state index in [4.69, 9.17) is 4.74 Å². The molecule has 0 amide bonds. The highest BCUT2D eigenvalue weighted by atomic mass is 16.5. The molecule has 1 unspecified atom stereocenters. The molecule has 18 heavy (non-hydrogen) atoms. The lowest BCUT2D eigenvalue weighted by Gasteiger charge is -2.29. The van der Waals surface area contributed by atoms with Crippen molar-refractivity contribution in [3.8, 4) is 0 Å². The van der Waals surface area contributed by atoms with Crippen LogP contribution >= 0.6 is 0 Å². The molecule has 0 spiro atoms. The average molecular weight is 256 g/mol. The SMILES string of the molecule is CCCCCCC(C)(CCCC)CCC(=O)OC. The van der Waals surface area contributed by atoms with E-state index in [1.54, 1.807) is 0 Å². The number of hydrogen-bond acceptors (Lipinski definition) is 2. The van der Waals surface area contributed by atoms with E-state index in [9.17, 15) is 4.79 Å². The molecule has 0 aromatic heterocycles. The molecule has 108 valence electrons. The van der Waals surface area contributed by atoms with Crippen molar-refractivity contribution in [1.82, 2.24) is 0 Å². The summed E-state index contributed by atoms with van der Waals surface area (Å²) in [4.78, 5) is 11.3. The first-order valence-electron chi connectivity index (χ1n) is 7.64. The van der Waals surface area contributed by atoms with Crippen molar-refractivity contribution in [2.75, 3.05) is 7.11 Å². The van der Waals surface area contributed by atoms with Gasteiger partial charge in [0.1, 0.15) is 0 Å². The molecule has 0 aliphatic rings. The lowest BCUT2D eigenvalue weighted by atomic mass is 9.76. The fourth-order valence-electron chi connectivity index (χ4n) is 2.46. The molecular formula is C16H32O2. The van der Waals surface area contributed by atoms with E-state index in [1.807, 2.05) is 0 Å². The molecule has 0 bridgehead atoms. The number of carbonyl (C=O) groups excluding carboxylic acids is 1. The molecule has 0 aliphatic carbocycles. The second-order valence-electron chi connectivity index (χ2n) is 5.80. The minimum absolute atomic E-state index is 0.0636. The van der Waals surface area contributed by atoms with Gasteiger partial charge in [-0.3, -0.25) is 4.79 Å². The summed E-state index contributed by atoms with van der Waals surface area (Å²) in [5.41, 5.74) is 0.331. The Morgan fingerprint density at radius 3 is 2.11 bits per heavy atom. The molecule has 0 rings (SSSR count). The number of unbranched alkanes of at least 4 members (excludes halogenated alkanes) is 4. The highest BCUT2D eigenvalue weighted by Crippen LogP contribution is 2.35. The van der Waals surface area contributed by atoms with Crippen LogP contribution < -0.4 is 0 Å². The summed E-state index contributed by atoms with van der Waals surface area (Å²) in [6.45, 7) is 6.82. The van der Waals surface area contributed by atoms with Crippen LogP contribution in [0.1, 0.15) is 85.0 Å². The van der Waals surface area contributed by atoms with Gasteiger partial charge in [-0.2, -0.15) is 0 Å². The van der Waals surface area contributed by atoms with E-state index in [2.05, 4.69) is 20.8 Å². The van der Waals surface area contributed by atoms with Gasteiger partial charge in [-0.15, -0.1) is 0 Å². The summed E-state index contributed by atoms with van der Waals surface area (Å²) in [7, 11) is 1.48. The summed E-state index contributed by atoms with van der Waals surface area (Å²) >= 11 is 0. The summed E-state index contributed by atoms with van der Waals surface area (Å²) in [6, 6.07) is 0. The first-order chi connectivity index (χ1) is 8.58. The van der Waals surface area contributed by atoms with Gasteiger partial charge < -0.3 is 4.74 Å². The molecule has 2 nitrogen and oxygen atoms in total. The van der Waals surface area contributed by atoms with E-state index < -0.39 is 0 Å². The van der Waals surface area contributed by atoms with E-state index in [-0.39, 0.29) is 5.97 Å². The number of rotatable bonds is 11. The van der Waals surface area contributed by atoms with Crippen molar-refractivity contribution in [3.63, 3.8) is 0 Å². The third-order valence-corrected chi connectivity index (χ3v) is 3.93. The maximum absolute atomic E-state index is 11.3. The summed E-state index contributed by atoms with van der Waals surface area (Å²) in [5, 5.41) is 0. The molecule has 0 aromatic carbocycles. The number of esters is 1. The topological polar surface area (TPSA) is 26.3 Å². The Labute approximate surface area is 113 Å². The van der Waals surface area contributed by atoms with Crippen LogP contribution in [-0.2, 0) is 9.53 Å². The van der Waals surface area contributed by atoms with Gasteiger partial charge in [0.2, 0.25) is 0 Å². The zero-order chi connectivity index (χ0) is 13.9. The van der Waals surface area contributed by atoms with Crippen LogP contribution in [0.2, 0.25) is 0 Å². The smallest absolute Gasteiger partial charge is 0.305 e. The summed E-state index contributed by atoms with van der Waals surface area (Å²) in [5.74, 6) is -0.0636. The summed E-state index contributed by atoms with van der Waals surface area (Å²) in [6.07, 6.45) is 11.8. The lowest BCUT2D eigenvalue weighted by Crippen LogP contribution is -2.18. The highest BCUT2D eigenvalue weighted by molar-refractivity contribution is 5.69. The molecule has 0 saturated carbocycles. The Hall–Kier alpha value is -0.530. The molecular weight excluding hydrogens is 224 g/mol. The Balaban J connectivity index is 4.10. The van der Waals surface area contributed by atoms with Gasteiger partial charge in [-0.25, -0.2) is 0 Å². The van der Waals surface area contributed by atoms with Gasteiger partial charge in [0.25, 0.3) is 0 Å². The molecule has 0 radical (unpaired) electrons. The second-order valence-corrected chi connectivity index (χ2v) is 5.80. The van der Waals surface area contributed by atoms with E-state index in [0.717, 1.165) is 6.42 Å². The predicted molar refractivity (Wildman–Crippen MR) is 77.6 cm³/mol. The standard InChI is InChI=1S/C16H32O2/c1-5-7-9-10-13-16(3,12-8-6-2)14-11-15(17)18-4/h5-14H2,1-4H3. The van der Waals surface area contributed by atoms with E-state index >= 15 is 0 Å². The van der Waals surface area contributed by atoms with Gasteiger partial charge in [-0.05, 0) is 24.7 Å². The van der Waals surface area contributed by atoms with E-state index in [1.165, 1.54) is 58.5 Å². The largest absolute Gasteiger partial charge is 0.469 e. The number of methoxy groups -OCH3 is 1. The quantitative estimate of drug-likeness (QED) is 0.379. The van der Waals surface area contributed by atoms with Gasteiger partial charge in [-0.1, -0.05) is 59.3 Å². The Kier molecular flexibility index (Phi) is 10.1. The molecule has 0 N–H and O–H groups in total. The fourth-order valence-corrected chi connectivity index (χ4v) is 2.46. The maximum atomic E-state index is 11.3. The molecule has 0 heterocycles. The zero-order valence-electron chi connectivity index (χ0n) is 12.9. The first kappa shape index (κ1) is 17.5. The minimum atomic E-state index is -0.0636. The summed E-state index contributed by atoms with van der Waals surface area (Å²) < 4.78 is 4.75. The molecule has 0 aliphatic heterocycles. The van der Waals surface area contributed by atoms with Crippen molar-refractivity contribution in [2.24, 2.45) is 5.41 Å². The Morgan fingerprint density at radius 1 is 0.944 bits per heavy atom. The van der Waals surface area contributed by atoms with Gasteiger partial charge >= 0.3 is 5.97 Å².